The third-order valence-corrected chi connectivity index (χ3v) is 5.61. The molecule has 4 heterocycles. The van der Waals surface area contributed by atoms with Gasteiger partial charge >= 0.3 is 6.18 Å². The number of anilines is 3. The molecule has 4 rings (SSSR count). The number of pyridine rings is 1. The van der Waals surface area contributed by atoms with E-state index in [-0.39, 0.29) is 0 Å². The van der Waals surface area contributed by atoms with Gasteiger partial charge in [-0.15, -0.1) is 0 Å². The second-order valence-electron chi connectivity index (χ2n) is 7.86. The number of fused-ring (bicyclic) bond motifs is 1. The Morgan fingerprint density at radius 3 is 2.43 bits per heavy atom. The van der Waals surface area contributed by atoms with Gasteiger partial charge in [-0.3, -0.25) is 0 Å². The summed E-state index contributed by atoms with van der Waals surface area (Å²) < 4.78 is 38.5. The Hall–Kier alpha value is -2.42. The van der Waals surface area contributed by atoms with E-state index in [1.54, 1.807) is 0 Å². The highest BCUT2D eigenvalue weighted by molar-refractivity contribution is 5.61. The average molecular weight is 420 g/mol. The molecular weight excluding hydrogens is 393 g/mol. The lowest BCUT2D eigenvalue weighted by atomic mass is 10.0. The third kappa shape index (κ3) is 5.00. The lowest BCUT2D eigenvalue weighted by Gasteiger charge is -2.24. The Morgan fingerprint density at radius 2 is 1.73 bits per heavy atom. The fourth-order valence-corrected chi connectivity index (χ4v) is 4.00. The molecule has 2 aromatic rings. The first kappa shape index (κ1) is 20.8. The van der Waals surface area contributed by atoms with Crippen molar-refractivity contribution in [2.45, 2.75) is 51.1 Å². The first-order valence-corrected chi connectivity index (χ1v) is 10.7. The van der Waals surface area contributed by atoms with Gasteiger partial charge in [-0.05, 0) is 44.4 Å². The summed E-state index contributed by atoms with van der Waals surface area (Å²) >= 11 is 0. The molecule has 0 spiro atoms. The van der Waals surface area contributed by atoms with Gasteiger partial charge in [0.2, 0.25) is 5.95 Å². The van der Waals surface area contributed by atoms with Crippen molar-refractivity contribution in [3.8, 4) is 0 Å². The van der Waals surface area contributed by atoms with Crippen LogP contribution in [0, 0.1) is 0 Å². The van der Waals surface area contributed by atoms with Crippen LogP contribution in [0.2, 0.25) is 0 Å². The number of nitrogens with one attached hydrogen (secondary N) is 2. The standard InChI is InChI=1S/C21H27F3N6/c22-21(23,24)18-8-7-15(14-26-18)27-19-16-6-5-10-25-11-9-17(16)28-20(29-19)30-12-3-1-2-4-13-30/h7-8,14,25H,1-6,9-13H2,(H,27,28,29). The summed E-state index contributed by atoms with van der Waals surface area (Å²) in [4.78, 5) is 15.5. The van der Waals surface area contributed by atoms with Gasteiger partial charge in [0.15, 0.2) is 0 Å². The second-order valence-corrected chi connectivity index (χ2v) is 7.86. The summed E-state index contributed by atoms with van der Waals surface area (Å²) in [5.74, 6) is 1.39. The highest BCUT2D eigenvalue weighted by atomic mass is 19.4. The number of hydrogen-bond donors (Lipinski definition) is 2. The maximum Gasteiger partial charge on any atom is 0.433 e. The molecule has 0 aromatic carbocycles. The zero-order valence-corrected chi connectivity index (χ0v) is 16.9. The fourth-order valence-electron chi connectivity index (χ4n) is 4.00. The molecule has 0 saturated carbocycles. The Labute approximate surface area is 174 Å². The topological polar surface area (TPSA) is 66.0 Å². The third-order valence-electron chi connectivity index (χ3n) is 5.61. The first-order valence-electron chi connectivity index (χ1n) is 10.7. The summed E-state index contributed by atoms with van der Waals surface area (Å²) in [6.07, 6.45) is 4.02. The molecule has 0 aliphatic carbocycles. The normalized spacial score (nSPS) is 18.2. The van der Waals surface area contributed by atoms with Crippen molar-refractivity contribution in [1.82, 2.24) is 20.3 Å². The van der Waals surface area contributed by atoms with Crippen LogP contribution in [0.25, 0.3) is 0 Å². The van der Waals surface area contributed by atoms with Crippen molar-refractivity contribution in [3.05, 3.63) is 35.3 Å². The van der Waals surface area contributed by atoms with Crippen molar-refractivity contribution in [3.63, 3.8) is 0 Å². The number of halogens is 3. The van der Waals surface area contributed by atoms with Crippen LogP contribution in [-0.4, -0.2) is 41.1 Å². The van der Waals surface area contributed by atoms with E-state index in [9.17, 15) is 13.2 Å². The van der Waals surface area contributed by atoms with Gasteiger partial charge in [0.1, 0.15) is 11.5 Å². The van der Waals surface area contributed by atoms with Crippen LogP contribution in [0.5, 0.6) is 0 Å². The van der Waals surface area contributed by atoms with E-state index in [2.05, 4.69) is 20.5 Å². The predicted molar refractivity (Wildman–Crippen MR) is 110 cm³/mol. The van der Waals surface area contributed by atoms with Crippen molar-refractivity contribution >= 4 is 17.5 Å². The van der Waals surface area contributed by atoms with Crippen molar-refractivity contribution in [1.29, 1.82) is 0 Å². The monoisotopic (exact) mass is 420 g/mol. The minimum absolute atomic E-state index is 0.492. The molecular formula is C21H27F3N6. The van der Waals surface area contributed by atoms with Gasteiger partial charge in [0.25, 0.3) is 0 Å². The van der Waals surface area contributed by atoms with E-state index >= 15 is 0 Å². The van der Waals surface area contributed by atoms with Gasteiger partial charge < -0.3 is 15.5 Å². The number of rotatable bonds is 3. The largest absolute Gasteiger partial charge is 0.433 e. The molecule has 1 saturated heterocycles. The number of hydrogen-bond acceptors (Lipinski definition) is 6. The highest BCUT2D eigenvalue weighted by Gasteiger charge is 2.32. The number of alkyl halides is 3. The lowest BCUT2D eigenvalue weighted by Crippen LogP contribution is -2.29. The summed E-state index contributed by atoms with van der Waals surface area (Å²) in [5.41, 5.74) is 1.65. The van der Waals surface area contributed by atoms with Gasteiger partial charge in [-0.1, -0.05) is 12.8 Å². The van der Waals surface area contributed by atoms with E-state index < -0.39 is 11.9 Å². The molecule has 9 heteroatoms. The minimum Gasteiger partial charge on any atom is -0.341 e. The van der Waals surface area contributed by atoms with E-state index in [1.165, 1.54) is 25.1 Å². The SMILES string of the molecule is FC(F)(F)c1ccc(Nc2nc(N3CCCCCC3)nc3c2CCCNCC3)cn1. The van der Waals surface area contributed by atoms with Gasteiger partial charge in [-0.25, -0.2) is 9.97 Å². The van der Waals surface area contributed by atoms with Crippen molar-refractivity contribution < 1.29 is 13.2 Å². The van der Waals surface area contributed by atoms with E-state index in [4.69, 9.17) is 9.97 Å². The summed E-state index contributed by atoms with van der Waals surface area (Å²) in [6, 6.07) is 2.40. The van der Waals surface area contributed by atoms with E-state index in [0.29, 0.717) is 17.5 Å². The number of nitrogens with zero attached hydrogens (tertiary/aromatic N) is 4. The number of aromatic nitrogens is 3. The molecule has 2 aromatic heterocycles. The van der Waals surface area contributed by atoms with Crippen LogP contribution in [-0.2, 0) is 19.0 Å². The summed E-state index contributed by atoms with van der Waals surface area (Å²) in [5, 5.41) is 6.64. The zero-order valence-electron chi connectivity index (χ0n) is 16.9. The molecule has 162 valence electrons. The predicted octanol–water partition coefficient (Wildman–Crippen LogP) is 4.09. The van der Waals surface area contributed by atoms with E-state index in [1.807, 2.05) is 0 Å². The fraction of sp³-hybridized carbons (Fsp3) is 0.571. The van der Waals surface area contributed by atoms with E-state index in [0.717, 1.165) is 75.6 Å². The molecule has 6 nitrogen and oxygen atoms in total. The van der Waals surface area contributed by atoms with Crippen LogP contribution < -0.4 is 15.5 Å². The Balaban J connectivity index is 1.67. The molecule has 0 unspecified atom stereocenters. The lowest BCUT2D eigenvalue weighted by molar-refractivity contribution is -0.141. The molecule has 0 amide bonds. The molecule has 1 fully saturated rings. The van der Waals surface area contributed by atoms with Crippen LogP contribution in [0.3, 0.4) is 0 Å². The maximum atomic E-state index is 12.8. The van der Waals surface area contributed by atoms with Crippen LogP contribution in [0.4, 0.5) is 30.6 Å². The Kier molecular flexibility index (Phi) is 6.36. The smallest absolute Gasteiger partial charge is 0.341 e. The maximum absolute atomic E-state index is 12.8. The Bertz CT molecular complexity index is 845. The van der Waals surface area contributed by atoms with Crippen LogP contribution >= 0.6 is 0 Å². The second kappa shape index (κ2) is 9.16. The summed E-state index contributed by atoms with van der Waals surface area (Å²) in [6.45, 7) is 3.63. The first-order chi connectivity index (χ1) is 14.5. The van der Waals surface area contributed by atoms with Crippen LogP contribution in [0.15, 0.2) is 18.3 Å². The molecule has 2 aliphatic rings. The van der Waals surface area contributed by atoms with Gasteiger partial charge in [0.05, 0.1) is 17.6 Å². The molecule has 0 radical (unpaired) electrons. The quantitative estimate of drug-likeness (QED) is 0.780. The summed E-state index contributed by atoms with van der Waals surface area (Å²) in [7, 11) is 0. The Morgan fingerprint density at radius 1 is 0.933 bits per heavy atom. The van der Waals surface area contributed by atoms with Crippen molar-refractivity contribution in [2.75, 3.05) is 36.4 Å². The molecule has 30 heavy (non-hydrogen) atoms. The van der Waals surface area contributed by atoms with Gasteiger partial charge in [0, 0.05) is 31.6 Å². The van der Waals surface area contributed by atoms with Crippen LogP contribution in [0.1, 0.15) is 49.1 Å². The minimum atomic E-state index is -4.45. The van der Waals surface area contributed by atoms with Gasteiger partial charge in [-0.2, -0.15) is 18.2 Å². The molecule has 2 aliphatic heterocycles. The van der Waals surface area contributed by atoms with Crippen molar-refractivity contribution in [2.24, 2.45) is 0 Å². The highest BCUT2D eigenvalue weighted by Crippen LogP contribution is 2.30. The molecule has 0 atom stereocenters. The molecule has 0 bridgehead atoms. The zero-order chi connectivity index (χ0) is 21.0. The average Bonchev–Trinajstić information content (AvgIpc) is 2.98. The molecule has 2 N–H and O–H groups in total.